The number of piperidine rings is 1. The minimum atomic E-state index is -0.612. The van der Waals surface area contributed by atoms with E-state index in [1.165, 1.54) is 6.42 Å². The number of hydrogen-bond acceptors (Lipinski definition) is 4. The summed E-state index contributed by atoms with van der Waals surface area (Å²) in [5.41, 5.74) is 5.80. The quantitative estimate of drug-likeness (QED) is 0.804. The number of hydrogen-bond donors (Lipinski definition) is 2. The lowest BCUT2D eigenvalue weighted by Gasteiger charge is -2.61. The molecule has 5 rings (SSSR count). The van der Waals surface area contributed by atoms with E-state index in [9.17, 15) is 15.2 Å². The lowest BCUT2D eigenvalue weighted by Crippen LogP contribution is -2.65. The molecular weight excluding hydrogens is 302 g/mol. The number of likely N-dealkylation sites (tertiary alicyclic amines) is 1. The van der Waals surface area contributed by atoms with Gasteiger partial charge in [0.15, 0.2) is 0 Å². The standard InChI is InChI=1S/C19H27N3O2/c20-9-14-5-12-6-15(12)22(14)17(23)16(21)19-8-11-1-2-13(19)3-4-18(24,7-11)10-19/h11-16,24H,1-8,10,21H2/t11?,12-,13?,14+,15+,16?,18?,19-/m1/s1. The minimum Gasteiger partial charge on any atom is -0.390 e. The summed E-state index contributed by atoms with van der Waals surface area (Å²) < 4.78 is 0. The van der Waals surface area contributed by atoms with E-state index in [4.69, 9.17) is 5.73 Å². The van der Waals surface area contributed by atoms with Crippen LogP contribution in [-0.2, 0) is 4.79 Å². The molecule has 24 heavy (non-hydrogen) atoms. The second-order valence-corrected chi connectivity index (χ2v) is 9.39. The van der Waals surface area contributed by atoms with Crippen LogP contribution in [-0.4, -0.2) is 39.6 Å². The summed E-state index contributed by atoms with van der Waals surface area (Å²) in [7, 11) is 0. The summed E-state index contributed by atoms with van der Waals surface area (Å²) in [4.78, 5) is 15.1. The summed E-state index contributed by atoms with van der Waals surface area (Å²) >= 11 is 0. The van der Waals surface area contributed by atoms with Gasteiger partial charge in [-0.1, -0.05) is 6.42 Å². The van der Waals surface area contributed by atoms with E-state index in [0.29, 0.717) is 24.2 Å². The van der Waals surface area contributed by atoms with Gasteiger partial charge in [-0.05, 0) is 69.1 Å². The van der Waals surface area contributed by atoms with Gasteiger partial charge in [-0.3, -0.25) is 4.79 Å². The molecule has 4 unspecified atom stereocenters. The highest BCUT2D eigenvalue weighted by atomic mass is 16.3. The van der Waals surface area contributed by atoms with Gasteiger partial charge in [0.25, 0.3) is 0 Å². The van der Waals surface area contributed by atoms with Crippen LogP contribution >= 0.6 is 0 Å². The highest BCUT2D eigenvalue weighted by Gasteiger charge is 2.63. The molecule has 4 saturated carbocycles. The molecule has 5 aliphatic rings. The van der Waals surface area contributed by atoms with Gasteiger partial charge in [0.1, 0.15) is 6.04 Å². The van der Waals surface area contributed by atoms with Crippen LogP contribution in [0.15, 0.2) is 0 Å². The Hall–Kier alpha value is -1.12. The van der Waals surface area contributed by atoms with E-state index in [-0.39, 0.29) is 23.4 Å². The highest BCUT2D eigenvalue weighted by molar-refractivity contribution is 5.84. The van der Waals surface area contributed by atoms with Gasteiger partial charge in [0.05, 0.1) is 17.7 Å². The van der Waals surface area contributed by atoms with Gasteiger partial charge in [-0.25, -0.2) is 0 Å². The number of aliphatic hydroxyl groups is 1. The smallest absolute Gasteiger partial charge is 0.241 e. The molecule has 5 fully saturated rings. The van der Waals surface area contributed by atoms with Crippen molar-refractivity contribution < 1.29 is 9.90 Å². The second kappa shape index (κ2) is 4.74. The van der Waals surface area contributed by atoms with Crippen molar-refractivity contribution in [3.63, 3.8) is 0 Å². The lowest BCUT2D eigenvalue weighted by atomic mass is 9.46. The number of fused-ring (bicyclic) bond motifs is 3. The number of amides is 1. The first-order chi connectivity index (χ1) is 11.5. The third-order valence-corrected chi connectivity index (χ3v) is 8.08. The Labute approximate surface area is 143 Å². The fourth-order valence-corrected chi connectivity index (χ4v) is 6.99. The second-order valence-electron chi connectivity index (χ2n) is 9.39. The molecule has 3 N–H and O–H groups in total. The molecule has 1 aliphatic heterocycles. The lowest BCUT2D eigenvalue weighted by molar-refractivity contribution is -0.174. The van der Waals surface area contributed by atoms with Gasteiger partial charge >= 0.3 is 0 Å². The maximum atomic E-state index is 13.3. The third-order valence-electron chi connectivity index (χ3n) is 8.08. The SMILES string of the molecule is N#C[C@@H]1C[C@@H]2C[C@@H]2N1C(=O)C(N)[C@@]12CC3CCC1CCC(O)(C3)C2. The first kappa shape index (κ1) is 15.2. The Kier molecular flexibility index (Phi) is 2.99. The topological polar surface area (TPSA) is 90.4 Å². The van der Waals surface area contributed by atoms with Crippen molar-refractivity contribution in [3.05, 3.63) is 0 Å². The zero-order valence-electron chi connectivity index (χ0n) is 14.2. The molecule has 3 bridgehead atoms. The van der Waals surface area contributed by atoms with E-state index in [0.717, 1.165) is 44.9 Å². The van der Waals surface area contributed by atoms with Crippen molar-refractivity contribution in [3.8, 4) is 6.07 Å². The van der Waals surface area contributed by atoms with Crippen molar-refractivity contribution >= 4 is 5.91 Å². The first-order valence-electron chi connectivity index (χ1n) is 9.65. The molecule has 1 heterocycles. The van der Waals surface area contributed by atoms with Crippen LogP contribution in [0, 0.1) is 34.5 Å². The molecule has 1 saturated heterocycles. The van der Waals surface area contributed by atoms with Crippen molar-refractivity contribution in [1.82, 2.24) is 4.90 Å². The highest BCUT2D eigenvalue weighted by Crippen LogP contribution is 2.62. The maximum Gasteiger partial charge on any atom is 0.241 e. The average molecular weight is 329 g/mol. The summed E-state index contributed by atoms with van der Waals surface area (Å²) in [6.45, 7) is 0. The van der Waals surface area contributed by atoms with Crippen LogP contribution in [0.25, 0.3) is 0 Å². The van der Waals surface area contributed by atoms with Gasteiger partial charge in [-0.2, -0.15) is 5.26 Å². The van der Waals surface area contributed by atoms with E-state index in [2.05, 4.69) is 6.07 Å². The Morgan fingerprint density at radius 1 is 1.29 bits per heavy atom. The molecule has 5 nitrogen and oxygen atoms in total. The molecule has 8 atom stereocenters. The van der Waals surface area contributed by atoms with E-state index >= 15 is 0 Å². The fourth-order valence-electron chi connectivity index (χ4n) is 6.99. The number of rotatable bonds is 2. The molecule has 0 aromatic heterocycles. The van der Waals surface area contributed by atoms with Crippen LogP contribution < -0.4 is 5.73 Å². The maximum absolute atomic E-state index is 13.3. The molecular formula is C19H27N3O2. The molecule has 5 heteroatoms. The Balaban J connectivity index is 1.46. The molecule has 130 valence electrons. The number of carbonyl (C=O) groups excluding carboxylic acids is 1. The van der Waals surface area contributed by atoms with Crippen molar-refractivity contribution in [2.75, 3.05) is 0 Å². The minimum absolute atomic E-state index is 0.0108. The van der Waals surface area contributed by atoms with Crippen LogP contribution in [0.3, 0.4) is 0 Å². The van der Waals surface area contributed by atoms with Gasteiger partial charge < -0.3 is 15.7 Å². The molecule has 0 radical (unpaired) electrons. The molecule has 0 spiro atoms. The van der Waals surface area contributed by atoms with Gasteiger partial charge in [0.2, 0.25) is 5.91 Å². The first-order valence-corrected chi connectivity index (χ1v) is 9.65. The van der Waals surface area contributed by atoms with Gasteiger partial charge in [-0.15, -0.1) is 0 Å². The van der Waals surface area contributed by atoms with Crippen LogP contribution in [0.1, 0.15) is 57.8 Å². The van der Waals surface area contributed by atoms with Crippen LogP contribution in [0.4, 0.5) is 0 Å². The summed E-state index contributed by atoms with van der Waals surface area (Å²) in [5, 5.41) is 20.4. The van der Waals surface area contributed by atoms with Crippen molar-refractivity contribution in [2.24, 2.45) is 28.9 Å². The number of nitriles is 1. The molecule has 4 aliphatic carbocycles. The van der Waals surface area contributed by atoms with Crippen LogP contribution in [0.5, 0.6) is 0 Å². The number of nitrogens with zero attached hydrogens (tertiary/aromatic N) is 2. The Morgan fingerprint density at radius 3 is 2.92 bits per heavy atom. The average Bonchev–Trinajstić information content (AvgIpc) is 3.21. The molecule has 1 amide bonds. The van der Waals surface area contributed by atoms with Crippen molar-refractivity contribution in [1.29, 1.82) is 5.26 Å². The number of carbonyl (C=O) groups is 1. The molecule has 0 aromatic carbocycles. The van der Waals surface area contributed by atoms with E-state index in [1.54, 1.807) is 0 Å². The van der Waals surface area contributed by atoms with E-state index < -0.39 is 11.6 Å². The summed E-state index contributed by atoms with van der Waals surface area (Å²) in [6.07, 6.45) is 8.61. The largest absolute Gasteiger partial charge is 0.390 e. The zero-order valence-corrected chi connectivity index (χ0v) is 14.2. The Bertz CT molecular complexity index is 631. The molecule has 0 aromatic rings. The fraction of sp³-hybridized carbons (Fsp3) is 0.895. The monoisotopic (exact) mass is 329 g/mol. The summed E-state index contributed by atoms with van der Waals surface area (Å²) in [6, 6.07) is 1.73. The zero-order chi connectivity index (χ0) is 16.7. The Morgan fingerprint density at radius 2 is 2.12 bits per heavy atom. The summed E-state index contributed by atoms with van der Waals surface area (Å²) in [5.74, 6) is 1.49. The van der Waals surface area contributed by atoms with Crippen molar-refractivity contribution in [2.45, 2.75) is 81.5 Å². The predicted molar refractivity (Wildman–Crippen MR) is 87.4 cm³/mol. The van der Waals surface area contributed by atoms with E-state index in [1.807, 2.05) is 4.90 Å². The number of nitrogens with two attached hydrogens (primary N) is 1. The predicted octanol–water partition coefficient (Wildman–Crippen LogP) is 1.55. The third kappa shape index (κ3) is 1.90. The van der Waals surface area contributed by atoms with Gasteiger partial charge in [0, 0.05) is 11.5 Å². The normalized spacial score (nSPS) is 52.5. The van der Waals surface area contributed by atoms with Crippen LogP contribution in [0.2, 0.25) is 0 Å².